The first-order chi connectivity index (χ1) is 1.00. The van der Waals surface area contributed by atoms with Gasteiger partial charge in [-0.1, -0.05) is 0 Å². The van der Waals surface area contributed by atoms with Gasteiger partial charge in [0.15, 0.2) is 0 Å². The van der Waals surface area contributed by atoms with E-state index in [0.717, 1.165) is 0 Å². The van der Waals surface area contributed by atoms with Crippen molar-refractivity contribution >= 4 is 45.5 Å². The van der Waals surface area contributed by atoms with Crippen LogP contribution in [-0.4, -0.2) is 45.5 Å². The van der Waals surface area contributed by atoms with Gasteiger partial charge in [-0.15, -0.1) is 0 Å². The van der Waals surface area contributed by atoms with Crippen molar-refractivity contribution in [1.29, 1.82) is 0 Å². The van der Waals surface area contributed by atoms with Crippen molar-refractivity contribution < 1.29 is 78.7 Å². The third-order valence-corrected chi connectivity index (χ3v) is 0. The van der Waals surface area contributed by atoms with Gasteiger partial charge in [-0.3, -0.25) is 0 Å². The molecule has 0 atom stereocenters. The average molecular weight is 396 g/mol. The van der Waals surface area contributed by atoms with Crippen molar-refractivity contribution in [2.75, 3.05) is 0 Å². The van der Waals surface area contributed by atoms with Crippen molar-refractivity contribution in [3.63, 3.8) is 0 Å². The fraction of sp³-hybridized carbons (Fsp3) is 0. The zero-order valence-electron chi connectivity index (χ0n) is 4.45. The summed E-state index contributed by atoms with van der Waals surface area (Å²) in [5.74, 6) is 0. The van der Waals surface area contributed by atoms with Crippen LogP contribution in [0.4, 0.5) is 0 Å². The summed E-state index contributed by atoms with van der Waals surface area (Å²) in [6.07, 6.45) is 0. The number of hydrogen-bond acceptors (Lipinski definition) is 1. The Morgan fingerprint density at radius 1 is 1.40 bits per heavy atom. The Kier molecular flexibility index (Phi) is 118. The molecule has 27 valence electrons. The summed E-state index contributed by atoms with van der Waals surface area (Å²) in [5.41, 5.74) is 0. The molecule has 0 saturated carbocycles. The second-order valence-corrected chi connectivity index (χ2v) is 0. The molecule has 5 heteroatoms. The Hall–Kier alpha value is 3.68. The third kappa shape index (κ3) is 18.3. The van der Waals surface area contributed by atoms with Gasteiger partial charge >= 0.3 is 68.7 Å². The largest absolute Gasteiger partial charge is 2.00 e. The minimum Gasteiger partial charge on any atom is 2.00 e. The second-order valence-electron chi connectivity index (χ2n) is 0. The maximum atomic E-state index is 8.26. The van der Waals surface area contributed by atoms with Gasteiger partial charge in [0.1, 0.15) is 0 Å². The van der Waals surface area contributed by atoms with Gasteiger partial charge in [-0.25, -0.2) is 0 Å². The van der Waals surface area contributed by atoms with Crippen molar-refractivity contribution in [2.24, 2.45) is 0 Å². The number of rotatable bonds is 0. The van der Waals surface area contributed by atoms with Gasteiger partial charge in [0.2, 0.25) is 0 Å². The first-order valence-corrected chi connectivity index (χ1v) is 0.986. The zero-order valence-corrected chi connectivity index (χ0v) is 12.7. The van der Waals surface area contributed by atoms with Crippen LogP contribution < -0.4 is 0 Å². The van der Waals surface area contributed by atoms with Gasteiger partial charge in [0.25, 0.3) is 0 Å². The third-order valence-electron chi connectivity index (χ3n) is 0. The molecule has 0 unspecified atom stereocenters. The molecule has 0 aromatic rings. The van der Waals surface area contributed by atoms with Crippen LogP contribution in [0.2, 0.25) is 0 Å². The first kappa shape index (κ1) is 23.4. The van der Waals surface area contributed by atoms with E-state index in [1.165, 1.54) is 0 Å². The minimum atomic E-state index is 0. The van der Waals surface area contributed by atoms with Crippen LogP contribution >= 0.6 is 0 Å². The van der Waals surface area contributed by atoms with Crippen molar-refractivity contribution in [3.8, 4) is 0 Å². The molecule has 0 spiro atoms. The SMILES string of the molecule is [Fe].[H-].[H-].[La].[O]=[Mo].[Sr+2]. The summed E-state index contributed by atoms with van der Waals surface area (Å²) >= 11 is 0.700. The van der Waals surface area contributed by atoms with Crippen molar-refractivity contribution in [3.05, 3.63) is 0 Å². The molecule has 0 aliphatic rings. The molecule has 0 heterocycles. The Balaban J connectivity index is -0.000000000500. The van der Waals surface area contributed by atoms with Gasteiger partial charge in [0, 0.05) is 52.7 Å². The predicted octanol–water partition coefficient (Wildman–Crippen LogP) is -0.280. The molecule has 1 radical (unpaired) electrons. The van der Waals surface area contributed by atoms with Crippen molar-refractivity contribution in [2.45, 2.75) is 0 Å². The summed E-state index contributed by atoms with van der Waals surface area (Å²) in [6.45, 7) is 0. The standard InChI is InChI=1S/Fe.La.Mo.O.Sr.2H/q;;;;+2;2*-1. The van der Waals surface area contributed by atoms with E-state index in [4.69, 9.17) is 3.40 Å². The molecular formula is H2FeLaMoOSr. The molecule has 0 amide bonds. The Morgan fingerprint density at radius 3 is 1.40 bits per heavy atom. The summed E-state index contributed by atoms with van der Waals surface area (Å²) in [7, 11) is 0. The Bertz CT molecular complexity index is 17.7. The molecule has 1 nitrogen and oxygen atoms in total. The normalized spacial score (nSPS) is 0.800. The van der Waals surface area contributed by atoms with Crippen LogP contribution in [-0.2, 0) is 40.2 Å². The van der Waals surface area contributed by atoms with E-state index in [9.17, 15) is 0 Å². The van der Waals surface area contributed by atoms with E-state index in [1.807, 2.05) is 0 Å². The van der Waals surface area contributed by atoms with Gasteiger partial charge < -0.3 is 2.85 Å². The maximum Gasteiger partial charge on any atom is 2.00 e. The summed E-state index contributed by atoms with van der Waals surface area (Å²) < 4.78 is 8.26. The second kappa shape index (κ2) is 25.3. The van der Waals surface area contributed by atoms with E-state index in [2.05, 4.69) is 0 Å². The van der Waals surface area contributed by atoms with E-state index < -0.39 is 0 Å². The molecule has 0 rings (SSSR count). The van der Waals surface area contributed by atoms with E-state index in [1.54, 1.807) is 0 Å². The molecule has 0 N–H and O–H groups in total. The number of hydrogen-bond donors (Lipinski definition) is 0. The minimum absolute atomic E-state index is 0. The molecule has 0 aromatic heterocycles. The van der Waals surface area contributed by atoms with Crippen LogP contribution in [0.3, 0.4) is 0 Å². The fourth-order valence-corrected chi connectivity index (χ4v) is 0. The van der Waals surface area contributed by atoms with Crippen LogP contribution in [0, 0.1) is 35.6 Å². The molecule has 0 aliphatic carbocycles. The summed E-state index contributed by atoms with van der Waals surface area (Å²) in [6, 6.07) is 0. The van der Waals surface area contributed by atoms with E-state index in [0.29, 0.717) is 19.8 Å². The Labute approximate surface area is 121 Å². The quantitative estimate of drug-likeness (QED) is 0.515. The Morgan fingerprint density at radius 2 is 1.40 bits per heavy atom. The van der Waals surface area contributed by atoms with Crippen LogP contribution in [0.1, 0.15) is 2.85 Å². The van der Waals surface area contributed by atoms with Gasteiger partial charge in [0.05, 0.1) is 0 Å². The smallest absolute Gasteiger partial charge is 2.00 e. The van der Waals surface area contributed by atoms with Gasteiger partial charge in [-0.05, 0) is 0 Å². The molecular weight excluding hydrogens is 394 g/mol. The maximum absolute atomic E-state index is 8.26. The van der Waals surface area contributed by atoms with E-state index >= 15 is 0 Å². The predicted molar refractivity (Wildman–Crippen MR) is 8.66 cm³/mol. The zero-order chi connectivity index (χ0) is 2.00. The summed E-state index contributed by atoms with van der Waals surface area (Å²) in [4.78, 5) is 0. The molecule has 0 saturated heterocycles. The molecule has 0 aromatic carbocycles. The van der Waals surface area contributed by atoms with Crippen molar-refractivity contribution in [1.82, 2.24) is 0 Å². The molecule has 5 heavy (non-hydrogen) atoms. The van der Waals surface area contributed by atoms with Crippen LogP contribution in [0.5, 0.6) is 0 Å². The summed E-state index contributed by atoms with van der Waals surface area (Å²) in [5, 5.41) is 0. The van der Waals surface area contributed by atoms with Crippen LogP contribution in [0.15, 0.2) is 0 Å². The molecule has 0 fully saturated rings. The monoisotopic (exact) mass is 399 g/mol. The van der Waals surface area contributed by atoms with Crippen LogP contribution in [0.25, 0.3) is 0 Å². The molecule has 0 aliphatic heterocycles. The average Bonchev–Trinajstić information content (AvgIpc) is 1.00. The fourth-order valence-electron chi connectivity index (χ4n) is 0. The topological polar surface area (TPSA) is 17.1 Å². The van der Waals surface area contributed by atoms with Gasteiger partial charge in [-0.2, -0.15) is 0 Å². The molecule has 0 bridgehead atoms. The first-order valence-electron chi connectivity index (χ1n) is 0.167. The van der Waals surface area contributed by atoms with E-state index in [-0.39, 0.29) is 101 Å².